The molecule has 0 spiro atoms. The number of para-hydroxylation sites is 1. The summed E-state index contributed by atoms with van der Waals surface area (Å²) < 4.78 is 14.4. The van der Waals surface area contributed by atoms with Crippen molar-refractivity contribution in [3.05, 3.63) is 30.3 Å². The molecule has 2 heterocycles. The molecule has 0 aliphatic carbocycles. The minimum Gasteiger partial charge on any atom is -0.549 e. The SMILES string of the molecule is CC(C)(C(=O)[O-])C(=O)OCOC(=O)[C@@H]1N2C(=O)[C@@H](NC(=O)COc3ccccc3)[C@H]2SC1(C)C.[Na+]. The molecule has 0 saturated carbocycles. The molecule has 2 saturated heterocycles. The van der Waals surface area contributed by atoms with Crippen LogP contribution in [-0.2, 0) is 33.4 Å². The molecule has 0 bridgehead atoms. The average Bonchev–Trinajstić information content (AvgIpc) is 3.04. The number of carboxylic acids is 1. The van der Waals surface area contributed by atoms with Crippen molar-refractivity contribution in [3.8, 4) is 5.75 Å². The number of nitrogens with one attached hydrogen (secondary N) is 1. The fourth-order valence-corrected chi connectivity index (χ4v) is 5.11. The Bertz CT molecular complexity index is 1000. The Hall–Kier alpha value is -2.28. The molecule has 1 N–H and O–H groups in total. The fraction of sp³-hybridized carbons (Fsp3) is 0.500. The van der Waals surface area contributed by atoms with Crippen LogP contribution in [0.4, 0.5) is 0 Å². The number of esters is 2. The van der Waals surface area contributed by atoms with Crippen LogP contribution >= 0.6 is 11.8 Å². The number of hydrogen-bond donors (Lipinski definition) is 1. The predicted molar refractivity (Wildman–Crippen MR) is 116 cm³/mol. The van der Waals surface area contributed by atoms with E-state index in [-0.39, 0.29) is 36.2 Å². The van der Waals surface area contributed by atoms with Crippen molar-refractivity contribution in [2.45, 2.75) is 49.9 Å². The van der Waals surface area contributed by atoms with Crippen molar-refractivity contribution < 1.29 is 72.8 Å². The number of ether oxygens (including phenoxy) is 3. The normalized spacial score (nSPS) is 22.1. The van der Waals surface area contributed by atoms with Crippen LogP contribution in [0.2, 0.25) is 0 Å². The molecule has 1 aromatic rings. The number of carbonyl (C=O) groups is 5. The van der Waals surface area contributed by atoms with Crippen LogP contribution in [-0.4, -0.2) is 70.2 Å². The van der Waals surface area contributed by atoms with Gasteiger partial charge in [-0.25, -0.2) is 4.79 Å². The summed E-state index contributed by atoms with van der Waals surface area (Å²) in [7, 11) is 0. The maximum atomic E-state index is 12.7. The molecule has 13 heteroatoms. The first-order valence-electron chi connectivity index (χ1n) is 10.4. The van der Waals surface area contributed by atoms with Gasteiger partial charge in [0.05, 0.1) is 5.97 Å². The van der Waals surface area contributed by atoms with E-state index in [2.05, 4.69) is 5.32 Å². The molecule has 11 nitrogen and oxygen atoms in total. The van der Waals surface area contributed by atoms with Crippen LogP contribution in [0.3, 0.4) is 0 Å². The summed E-state index contributed by atoms with van der Waals surface area (Å²) in [5.74, 6) is -3.99. The van der Waals surface area contributed by atoms with Crippen molar-refractivity contribution in [1.82, 2.24) is 10.2 Å². The van der Waals surface area contributed by atoms with Gasteiger partial charge in [-0.1, -0.05) is 18.2 Å². The Balaban J connectivity index is 0.00000432. The number of fused-ring (bicyclic) bond motifs is 1. The molecular formula is C22H25N2NaO9S. The second kappa shape index (κ2) is 11.2. The number of benzene rings is 1. The van der Waals surface area contributed by atoms with E-state index in [1.807, 2.05) is 6.07 Å². The van der Waals surface area contributed by atoms with Gasteiger partial charge in [-0.15, -0.1) is 11.8 Å². The third-order valence-electron chi connectivity index (χ3n) is 5.51. The van der Waals surface area contributed by atoms with Crippen LogP contribution in [0, 0.1) is 5.41 Å². The summed E-state index contributed by atoms with van der Waals surface area (Å²) in [5, 5.41) is 13.1. The van der Waals surface area contributed by atoms with Crippen molar-refractivity contribution >= 4 is 41.5 Å². The Labute approximate surface area is 228 Å². The number of rotatable bonds is 9. The molecule has 2 aliphatic rings. The molecular weight excluding hydrogens is 491 g/mol. The topological polar surface area (TPSA) is 151 Å². The Kier molecular flexibility index (Phi) is 9.26. The molecule has 2 amide bonds. The first-order valence-corrected chi connectivity index (χ1v) is 11.3. The number of aliphatic carboxylic acids is 1. The first-order chi connectivity index (χ1) is 15.9. The zero-order valence-electron chi connectivity index (χ0n) is 20.1. The summed E-state index contributed by atoms with van der Waals surface area (Å²) in [6, 6.07) is 6.93. The zero-order chi connectivity index (χ0) is 25.3. The molecule has 2 fully saturated rings. The van der Waals surface area contributed by atoms with E-state index >= 15 is 0 Å². The van der Waals surface area contributed by atoms with E-state index in [0.717, 1.165) is 13.8 Å². The summed E-state index contributed by atoms with van der Waals surface area (Å²) in [4.78, 5) is 61.9. The van der Waals surface area contributed by atoms with E-state index in [1.165, 1.54) is 16.7 Å². The van der Waals surface area contributed by atoms with Gasteiger partial charge < -0.3 is 34.3 Å². The third kappa shape index (κ3) is 6.11. The number of carbonyl (C=O) groups excluding carboxylic acids is 5. The van der Waals surface area contributed by atoms with E-state index in [4.69, 9.17) is 14.2 Å². The van der Waals surface area contributed by atoms with Crippen LogP contribution in [0.15, 0.2) is 30.3 Å². The summed E-state index contributed by atoms with van der Waals surface area (Å²) in [6.45, 7) is 4.62. The Morgan fingerprint density at radius 2 is 1.77 bits per heavy atom. The van der Waals surface area contributed by atoms with Gasteiger partial charge in [0.15, 0.2) is 6.61 Å². The molecule has 1 aromatic carbocycles. The second-order valence-corrected chi connectivity index (χ2v) is 10.6. The minimum absolute atomic E-state index is 0. The molecule has 3 rings (SSSR count). The summed E-state index contributed by atoms with van der Waals surface area (Å²) in [5.41, 5.74) is -1.91. The minimum atomic E-state index is -1.91. The Morgan fingerprint density at radius 3 is 2.37 bits per heavy atom. The van der Waals surface area contributed by atoms with Gasteiger partial charge >= 0.3 is 41.5 Å². The molecule has 35 heavy (non-hydrogen) atoms. The van der Waals surface area contributed by atoms with Crippen molar-refractivity contribution in [2.75, 3.05) is 13.4 Å². The fourth-order valence-electron chi connectivity index (χ4n) is 3.49. The average molecular weight is 517 g/mol. The number of hydrogen-bond acceptors (Lipinski definition) is 10. The smallest absolute Gasteiger partial charge is 0.549 e. The van der Waals surface area contributed by atoms with Crippen molar-refractivity contribution in [2.24, 2.45) is 5.41 Å². The quantitative estimate of drug-likeness (QED) is 0.115. The van der Waals surface area contributed by atoms with E-state index in [9.17, 15) is 29.1 Å². The van der Waals surface area contributed by atoms with Gasteiger partial charge in [0, 0.05) is 4.75 Å². The molecule has 0 radical (unpaired) electrons. The van der Waals surface area contributed by atoms with Crippen molar-refractivity contribution in [3.63, 3.8) is 0 Å². The number of nitrogens with zero attached hydrogens (tertiary/aromatic N) is 1. The summed E-state index contributed by atoms with van der Waals surface area (Å²) >= 11 is 1.33. The largest absolute Gasteiger partial charge is 1.00 e. The van der Waals surface area contributed by atoms with Crippen LogP contribution in [0.1, 0.15) is 27.7 Å². The van der Waals surface area contributed by atoms with Gasteiger partial charge in [-0.2, -0.15) is 0 Å². The monoisotopic (exact) mass is 516 g/mol. The maximum Gasteiger partial charge on any atom is 1.00 e. The molecule has 0 aromatic heterocycles. The van der Waals surface area contributed by atoms with Gasteiger partial charge in [0.25, 0.3) is 5.91 Å². The first kappa shape index (κ1) is 29.0. The van der Waals surface area contributed by atoms with E-state index < -0.39 is 64.1 Å². The number of carboxylic acid groups (broad SMARTS) is 1. The zero-order valence-corrected chi connectivity index (χ0v) is 22.9. The van der Waals surface area contributed by atoms with Crippen LogP contribution < -0.4 is 44.7 Å². The number of β-lactam (4-membered cyclic amide) rings is 1. The standard InChI is InChI=1S/C22H26N2O9S.Na/c1-21(2,19(28)29)20(30)33-11-32-18(27)15-22(3,4)34-17-14(16(26)24(15)17)23-13(25)10-31-12-8-6-5-7-9-12;/h5-9,14-15,17H,10-11H2,1-4H3,(H,23,25)(H,28,29);/q;+1/p-1/t14-,15+,17-;/m1./s1. The second-order valence-electron chi connectivity index (χ2n) is 8.83. The molecule has 184 valence electrons. The third-order valence-corrected chi connectivity index (χ3v) is 7.08. The van der Waals surface area contributed by atoms with E-state index in [1.54, 1.807) is 38.1 Å². The van der Waals surface area contributed by atoms with E-state index in [0.29, 0.717) is 5.75 Å². The Morgan fingerprint density at radius 1 is 1.14 bits per heavy atom. The maximum absolute atomic E-state index is 12.7. The predicted octanol–water partition coefficient (Wildman–Crippen LogP) is -3.56. The number of amides is 2. The molecule has 3 atom stereocenters. The van der Waals surface area contributed by atoms with Gasteiger partial charge in [-0.3, -0.25) is 14.4 Å². The van der Waals surface area contributed by atoms with Gasteiger partial charge in [-0.05, 0) is 39.8 Å². The van der Waals surface area contributed by atoms with Crippen molar-refractivity contribution in [1.29, 1.82) is 0 Å². The molecule has 0 unspecified atom stereocenters. The van der Waals surface area contributed by atoms with Gasteiger partial charge in [0.1, 0.15) is 28.6 Å². The summed E-state index contributed by atoms with van der Waals surface area (Å²) in [6.07, 6.45) is 0. The van der Waals surface area contributed by atoms with Crippen LogP contribution in [0.5, 0.6) is 5.75 Å². The number of thioether (sulfide) groups is 1. The van der Waals surface area contributed by atoms with Gasteiger partial charge in [0.2, 0.25) is 12.7 Å². The van der Waals surface area contributed by atoms with Crippen LogP contribution in [0.25, 0.3) is 0 Å². The molecule has 2 aliphatic heterocycles.